The number of hydrogen-bond acceptors (Lipinski definition) is 9. The van der Waals surface area contributed by atoms with Crippen LogP contribution in [0.4, 0.5) is 31.8 Å². The lowest BCUT2D eigenvalue weighted by atomic mass is 10.0. The minimum absolute atomic E-state index is 0.0621. The predicted molar refractivity (Wildman–Crippen MR) is 165 cm³/mol. The second kappa shape index (κ2) is 12.7. The molecule has 2 aliphatic rings. The Bertz CT molecular complexity index is 1680. The maximum atomic E-state index is 15.3. The van der Waals surface area contributed by atoms with Crippen LogP contribution < -0.4 is 25.0 Å². The molecule has 6 rings (SSSR count). The van der Waals surface area contributed by atoms with E-state index in [0.29, 0.717) is 72.4 Å². The molecule has 4 aromatic rings. The number of benzene rings is 2. The summed E-state index contributed by atoms with van der Waals surface area (Å²) in [7, 11) is 1.59. The van der Waals surface area contributed by atoms with Gasteiger partial charge in [0.2, 0.25) is 5.91 Å². The first-order valence-corrected chi connectivity index (χ1v) is 14.5. The van der Waals surface area contributed by atoms with Crippen LogP contribution in [0.25, 0.3) is 10.9 Å². The zero-order valence-electron chi connectivity index (χ0n) is 24.3. The molecule has 0 bridgehead atoms. The molecule has 0 spiro atoms. The summed E-state index contributed by atoms with van der Waals surface area (Å²) in [5.74, 6) is 1.86. The van der Waals surface area contributed by atoms with Crippen LogP contribution in [0.15, 0.2) is 67.6 Å². The number of carbonyl (C=O) groups excluding carboxylic acids is 1. The predicted octanol–water partition coefficient (Wildman–Crippen LogP) is 5.85. The van der Waals surface area contributed by atoms with Crippen LogP contribution >= 0.6 is 0 Å². The molecular weight excluding hydrogens is 568 g/mol. The number of piperidine rings is 1. The largest absolute Gasteiger partial charge is 0.495 e. The van der Waals surface area contributed by atoms with Crippen LogP contribution in [0.2, 0.25) is 0 Å². The van der Waals surface area contributed by atoms with Crippen molar-refractivity contribution in [2.75, 3.05) is 48.8 Å². The second-order valence-electron chi connectivity index (χ2n) is 10.8. The highest BCUT2D eigenvalue weighted by atomic mass is 19.1. The number of likely N-dealkylation sites (tertiary alicyclic amines) is 1. The zero-order valence-corrected chi connectivity index (χ0v) is 24.3. The number of hydrogen-bond donors (Lipinski definition) is 2. The molecule has 0 aliphatic carbocycles. The third kappa shape index (κ3) is 6.34. The van der Waals surface area contributed by atoms with Gasteiger partial charge >= 0.3 is 0 Å². The van der Waals surface area contributed by atoms with Crippen molar-refractivity contribution in [3.63, 3.8) is 0 Å². The first-order chi connectivity index (χ1) is 21.4. The van der Waals surface area contributed by atoms with Gasteiger partial charge < -0.3 is 29.9 Å². The summed E-state index contributed by atoms with van der Waals surface area (Å²) in [6.07, 6.45) is 5.48. The van der Waals surface area contributed by atoms with Crippen molar-refractivity contribution in [2.24, 2.45) is 0 Å². The number of anilines is 4. The summed E-state index contributed by atoms with van der Waals surface area (Å²) < 4.78 is 40.5. The van der Waals surface area contributed by atoms with Crippen LogP contribution in [0, 0.1) is 5.82 Å². The van der Waals surface area contributed by atoms with Crippen molar-refractivity contribution in [1.29, 1.82) is 0 Å². The van der Waals surface area contributed by atoms with E-state index in [9.17, 15) is 9.18 Å². The number of methoxy groups -OCH3 is 1. The van der Waals surface area contributed by atoms with Gasteiger partial charge in [-0.1, -0.05) is 6.58 Å². The quantitative estimate of drug-likeness (QED) is 0.229. The molecule has 10 nitrogen and oxygen atoms in total. The van der Waals surface area contributed by atoms with Gasteiger partial charge in [-0.3, -0.25) is 4.79 Å². The first-order valence-electron chi connectivity index (χ1n) is 14.5. The molecule has 2 saturated heterocycles. The molecule has 2 N–H and O–H groups in total. The van der Waals surface area contributed by atoms with Gasteiger partial charge in [0.1, 0.15) is 47.2 Å². The van der Waals surface area contributed by atoms with E-state index < -0.39 is 12.0 Å². The summed E-state index contributed by atoms with van der Waals surface area (Å²) in [5.41, 5.74) is 1.59. The number of amides is 1. The molecule has 2 aromatic heterocycles. The molecule has 0 unspecified atom stereocenters. The van der Waals surface area contributed by atoms with E-state index in [-0.39, 0.29) is 17.6 Å². The number of nitrogens with zero attached hydrogens (tertiary/aromatic N) is 5. The van der Waals surface area contributed by atoms with Crippen LogP contribution in [0.5, 0.6) is 17.2 Å². The maximum Gasteiger partial charge on any atom is 0.245 e. The Hall–Kier alpha value is -5.00. The fraction of sp³-hybridized carbons (Fsp3) is 0.312. The van der Waals surface area contributed by atoms with E-state index in [1.165, 1.54) is 18.5 Å². The van der Waals surface area contributed by atoms with E-state index in [2.05, 4.69) is 32.2 Å². The highest BCUT2D eigenvalue weighted by Gasteiger charge is 2.24. The van der Waals surface area contributed by atoms with E-state index in [4.69, 9.17) is 9.47 Å². The van der Waals surface area contributed by atoms with Crippen molar-refractivity contribution >= 4 is 39.8 Å². The minimum atomic E-state index is -0.869. The zero-order chi connectivity index (χ0) is 30.6. The molecule has 0 saturated carbocycles. The average Bonchev–Trinajstić information content (AvgIpc) is 3.48. The maximum absolute atomic E-state index is 15.3. The summed E-state index contributed by atoms with van der Waals surface area (Å²) >= 11 is 0. The Morgan fingerprint density at radius 2 is 1.84 bits per heavy atom. The standard InChI is InChI=1S/C32H33F2N7O3/c1-3-31(42)40-12-8-21(9-13-40)38-28-16-24-27(17-29(28)43-2)36-19-37-32(24)39-26-5-4-22(14-25(26)34)44-23-6-10-35-30(15-23)41-11-7-20(33)18-41/h3-6,10,14-17,19-21,38H,1,7-9,11-13,18H2,2H3,(H,36,37,39)/t20-/m1/s1. The SMILES string of the molecule is C=CC(=O)N1CCC(Nc2cc3c(Nc4ccc(Oc5ccnc(N6CC[C@@H](F)C6)c5)cc4F)ncnc3cc2OC)CC1. The number of rotatable bonds is 9. The normalized spacial score (nSPS) is 17.0. The third-order valence-electron chi connectivity index (χ3n) is 7.90. The number of pyridine rings is 1. The van der Waals surface area contributed by atoms with E-state index in [1.807, 2.05) is 17.0 Å². The van der Waals surface area contributed by atoms with Gasteiger partial charge in [0.05, 0.1) is 30.5 Å². The van der Waals surface area contributed by atoms with Crippen LogP contribution in [0.3, 0.4) is 0 Å². The lowest BCUT2D eigenvalue weighted by Gasteiger charge is -2.32. The number of carbonyl (C=O) groups is 1. The number of aromatic nitrogens is 3. The Labute approximate surface area is 253 Å². The summed E-state index contributed by atoms with van der Waals surface area (Å²) in [5, 5.41) is 7.31. The summed E-state index contributed by atoms with van der Waals surface area (Å²) in [6.45, 7) is 5.72. The average molecular weight is 602 g/mol. The topological polar surface area (TPSA) is 105 Å². The van der Waals surface area contributed by atoms with Crippen LogP contribution in [-0.2, 0) is 4.79 Å². The van der Waals surface area contributed by atoms with Crippen molar-refractivity contribution in [3.05, 3.63) is 73.5 Å². The Morgan fingerprint density at radius 3 is 2.57 bits per heavy atom. The van der Waals surface area contributed by atoms with Gasteiger partial charge in [-0.25, -0.2) is 23.7 Å². The van der Waals surface area contributed by atoms with Crippen molar-refractivity contribution < 1.29 is 23.0 Å². The Balaban J connectivity index is 1.18. The first kappa shape index (κ1) is 29.1. The smallest absolute Gasteiger partial charge is 0.245 e. The molecule has 12 heteroatoms. The number of fused-ring (bicyclic) bond motifs is 1. The molecule has 228 valence electrons. The molecule has 0 radical (unpaired) electrons. The number of ether oxygens (including phenoxy) is 2. The van der Waals surface area contributed by atoms with E-state index >= 15 is 4.39 Å². The Kier molecular flexibility index (Phi) is 8.40. The van der Waals surface area contributed by atoms with Gasteiger partial charge in [0.25, 0.3) is 0 Å². The molecule has 4 heterocycles. The van der Waals surface area contributed by atoms with Gasteiger partial charge in [0.15, 0.2) is 0 Å². The minimum Gasteiger partial charge on any atom is -0.495 e. The van der Waals surface area contributed by atoms with Crippen LogP contribution in [-0.4, -0.2) is 71.3 Å². The van der Waals surface area contributed by atoms with E-state index in [0.717, 1.165) is 18.5 Å². The fourth-order valence-electron chi connectivity index (χ4n) is 5.54. The third-order valence-corrected chi connectivity index (χ3v) is 7.90. The van der Waals surface area contributed by atoms with Gasteiger partial charge in [0, 0.05) is 55.5 Å². The molecular formula is C32H33F2N7O3. The highest BCUT2D eigenvalue weighted by molar-refractivity contribution is 5.95. The van der Waals surface area contributed by atoms with E-state index in [1.54, 1.807) is 42.5 Å². The number of alkyl halides is 1. The van der Waals surface area contributed by atoms with Crippen molar-refractivity contribution in [2.45, 2.75) is 31.5 Å². The molecule has 44 heavy (non-hydrogen) atoms. The summed E-state index contributed by atoms with van der Waals surface area (Å²) in [4.78, 5) is 28.7. The highest BCUT2D eigenvalue weighted by Crippen LogP contribution is 2.35. The molecule has 2 aliphatic heterocycles. The van der Waals surface area contributed by atoms with Gasteiger partial charge in [-0.2, -0.15) is 0 Å². The second-order valence-corrected chi connectivity index (χ2v) is 10.8. The number of halogens is 2. The lowest BCUT2D eigenvalue weighted by molar-refractivity contribution is -0.126. The van der Waals surface area contributed by atoms with Gasteiger partial charge in [-0.15, -0.1) is 0 Å². The molecule has 1 atom stereocenters. The van der Waals surface area contributed by atoms with Crippen molar-refractivity contribution in [1.82, 2.24) is 19.9 Å². The monoisotopic (exact) mass is 601 g/mol. The molecule has 2 fully saturated rings. The lowest BCUT2D eigenvalue weighted by Crippen LogP contribution is -2.41. The van der Waals surface area contributed by atoms with Crippen molar-refractivity contribution in [3.8, 4) is 17.2 Å². The Morgan fingerprint density at radius 1 is 1.02 bits per heavy atom. The summed E-state index contributed by atoms with van der Waals surface area (Å²) in [6, 6.07) is 11.8. The van der Waals surface area contributed by atoms with Gasteiger partial charge in [-0.05, 0) is 49.6 Å². The molecule has 1 amide bonds. The molecule has 2 aromatic carbocycles. The number of nitrogens with one attached hydrogen (secondary N) is 2. The fourth-order valence-corrected chi connectivity index (χ4v) is 5.54. The van der Waals surface area contributed by atoms with Crippen LogP contribution in [0.1, 0.15) is 19.3 Å².